The smallest absolute Gasteiger partial charge is 0.270 e. The minimum Gasteiger partial charge on any atom is -0.378 e. The Morgan fingerprint density at radius 1 is 1.20 bits per heavy atom. The Labute approximate surface area is 159 Å². The highest BCUT2D eigenvalue weighted by Gasteiger charge is 2.24. The number of nitrogens with zero attached hydrogens (tertiary/aromatic N) is 2. The molecule has 0 N–H and O–H groups in total. The minimum absolute atomic E-state index is 0.0986. The van der Waals surface area contributed by atoms with Crippen molar-refractivity contribution in [1.29, 1.82) is 0 Å². The molecule has 130 valence electrons. The Hall–Kier alpha value is -1.63. The van der Waals surface area contributed by atoms with Crippen molar-refractivity contribution in [3.63, 3.8) is 0 Å². The number of hydrogen-bond donors (Lipinski definition) is 0. The van der Waals surface area contributed by atoms with Crippen LogP contribution in [0.5, 0.6) is 0 Å². The summed E-state index contributed by atoms with van der Waals surface area (Å²) in [7, 11) is 0. The Morgan fingerprint density at radius 3 is 2.64 bits per heavy atom. The molecular formula is C19H19BrN2O2S. The molecule has 0 unspecified atom stereocenters. The summed E-state index contributed by atoms with van der Waals surface area (Å²) in [5.41, 5.74) is 3.09. The van der Waals surface area contributed by atoms with Gasteiger partial charge < -0.3 is 14.2 Å². The van der Waals surface area contributed by atoms with Gasteiger partial charge in [-0.1, -0.05) is 28.1 Å². The molecule has 0 spiro atoms. The molecule has 0 bridgehead atoms. The van der Waals surface area contributed by atoms with Crippen LogP contribution in [-0.2, 0) is 11.3 Å². The van der Waals surface area contributed by atoms with Crippen LogP contribution < -0.4 is 0 Å². The maximum atomic E-state index is 13.1. The Bertz CT molecular complexity index is 908. The highest BCUT2D eigenvalue weighted by atomic mass is 79.9. The molecule has 0 atom stereocenters. The number of carbonyl (C=O) groups excluding carboxylic acids is 1. The van der Waals surface area contributed by atoms with Gasteiger partial charge in [-0.2, -0.15) is 0 Å². The number of halogens is 1. The van der Waals surface area contributed by atoms with Crippen molar-refractivity contribution in [2.24, 2.45) is 0 Å². The van der Waals surface area contributed by atoms with Crippen molar-refractivity contribution in [3.8, 4) is 0 Å². The summed E-state index contributed by atoms with van der Waals surface area (Å²) >= 11 is 5.22. The molecule has 2 aromatic heterocycles. The number of benzene rings is 1. The van der Waals surface area contributed by atoms with E-state index in [9.17, 15) is 4.79 Å². The molecule has 0 radical (unpaired) electrons. The molecule has 1 aliphatic rings. The lowest BCUT2D eigenvalue weighted by molar-refractivity contribution is 0.0296. The van der Waals surface area contributed by atoms with E-state index in [2.05, 4.69) is 45.6 Å². The summed E-state index contributed by atoms with van der Waals surface area (Å²) < 4.78 is 9.76. The van der Waals surface area contributed by atoms with Crippen LogP contribution in [0.25, 0.3) is 10.2 Å². The maximum absolute atomic E-state index is 13.1. The number of carbonyl (C=O) groups is 1. The predicted molar refractivity (Wildman–Crippen MR) is 105 cm³/mol. The number of thiophene rings is 1. The van der Waals surface area contributed by atoms with Gasteiger partial charge in [0.1, 0.15) is 5.69 Å². The molecule has 4 rings (SSSR count). The van der Waals surface area contributed by atoms with Crippen molar-refractivity contribution in [3.05, 3.63) is 57.0 Å². The highest BCUT2D eigenvalue weighted by Crippen LogP contribution is 2.30. The predicted octanol–water partition coefficient (Wildman–Crippen LogP) is 4.29. The maximum Gasteiger partial charge on any atom is 0.270 e. The van der Waals surface area contributed by atoms with Crippen molar-refractivity contribution >= 4 is 43.4 Å². The van der Waals surface area contributed by atoms with E-state index in [-0.39, 0.29) is 5.91 Å². The van der Waals surface area contributed by atoms with Gasteiger partial charge in [-0.3, -0.25) is 4.79 Å². The summed E-state index contributed by atoms with van der Waals surface area (Å²) in [6.45, 7) is 5.36. The van der Waals surface area contributed by atoms with E-state index in [1.807, 2.05) is 23.1 Å². The first-order valence-corrected chi connectivity index (χ1v) is 9.94. The molecule has 25 heavy (non-hydrogen) atoms. The first-order valence-electron chi connectivity index (χ1n) is 8.33. The zero-order valence-electron chi connectivity index (χ0n) is 14.0. The van der Waals surface area contributed by atoms with Gasteiger partial charge in [0.15, 0.2) is 0 Å². The Balaban J connectivity index is 1.73. The van der Waals surface area contributed by atoms with E-state index in [0.29, 0.717) is 32.8 Å². The molecule has 3 aromatic rings. The van der Waals surface area contributed by atoms with Gasteiger partial charge in [0.2, 0.25) is 0 Å². The summed E-state index contributed by atoms with van der Waals surface area (Å²) in [6.07, 6.45) is 0. The van der Waals surface area contributed by atoms with E-state index in [1.54, 1.807) is 11.3 Å². The van der Waals surface area contributed by atoms with Crippen molar-refractivity contribution < 1.29 is 9.53 Å². The van der Waals surface area contributed by atoms with Gasteiger partial charge in [0.25, 0.3) is 5.91 Å². The number of ether oxygens (including phenoxy) is 1. The second kappa shape index (κ2) is 6.94. The number of fused-ring (bicyclic) bond motifs is 1. The van der Waals surface area contributed by atoms with Crippen LogP contribution in [0, 0.1) is 6.92 Å². The quantitative estimate of drug-likeness (QED) is 0.635. The monoisotopic (exact) mass is 418 g/mol. The zero-order chi connectivity index (χ0) is 17.4. The van der Waals surface area contributed by atoms with Gasteiger partial charge >= 0.3 is 0 Å². The first-order chi connectivity index (χ1) is 12.1. The molecule has 1 saturated heterocycles. The van der Waals surface area contributed by atoms with Crippen molar-refractivity contribution in [2.75, 3.05) is 26.3 Å². The lowest BCUT2D eigenvalue weighted by Gasteiger charge is -2.27. The zero-order valence-corrected chi connectivity index (χ0v) is 16.4. The first kappa shape index (κ1) is 16.8. The molecule has 1 amide bonds. The average molecular weight is 419 g/mol. The van der Waals surface area contributed by atoms with Crippen LogP contribution in [0.3, 0.4) is 0 Å². The summed E-state index contributed by atoms with van der Waals surface area (Å²) in [6, 6.07) is 12.5. The average Bonchev–Trinajstić information content (AvgIpc) is 3.14. The molecule has 4 nitrogen and oxygen atoms in total. The highest BCUT2D eigenvalue weighted by molar-refractivity contribution is 9.10. The van der Waals surface area contributed by atoms with E-state index in [4.69, 9.17) is 4.74 Å². The van der Waals surface area contributed by atoms with Gasteiger partial charge in [-0.25, -0.2) is 0 Å². The number of rotatable bonds is 3. The number of morpholine rings is 1. The van der Waals surface area contributed by atoms with Crippen LogP contribution in [0.1, 0.15) is 20.9 Å². The fraction of sp³-hybridized carbons (Fsp3) is 0.316. The lowest BCUT2D eigenvalue weighted by Crippen LogP contribution is -2.41. The van der Waals surface area contributed by atoms with Gasteiger partial charge in [0, 0.05) is 29.0 Å². The third-order valence-corrected chi connectivity index (χ3v) is 6.00. The normalized spacial score (nSPS) is 15.0. The summed E-state index contributed by atoms with van der Waals surface area (Å²) in [5, 5.41) is 0. The summed E-state index contributed by atoms with van der Waals surface area (Å²) in [5.74, 6) is 0.0986. The second-order valence-electron chi connectivity index (χ2n) is 6.25. The van der Waals surface area contributed by atoms with Gasteiger partial charge in [-0.15, -0.1) is 11.3 Å². The van der Waals surface area contributed by atoms with E-state index >= 15 is 0 Å². The molecule has 0 saturated carbocycles. The molecule has 3 heterocycles. The fourth-order valence-electron chi connectivity index (χ4n) is 3.21. The largest absolute Gasteiger partial charge is 0.378 e. The second-order valence-corrected chi connectivity index (χ2v) is 8.46. The van der Waals surface area contributed by atoms with Crippen LogP contribution in [-0.4, -0.2) is 41.7 Å². The standard InChI is InChI=1S/C19H19BrN2O2S/c1-13-10-16-18(25-13)11-17(19(23)21-6-8-24-9-7-21)22(16)12-14-2-4-15(20)5-3-14/h2-5,10-11H,6-9,12H2,1H3. The van der Waals surface area contributed by atoms with Crippen molar-refractivity contribution in [1.82, 2.24) is 9.47 Å². The number of hydrogen-bond acceptors (Lipinski definition) is 3. The van der Waals surface area contributed by atoms with E-state index in [0.717, 1.165) is 15.7 Å². The number of amides is 1. The minimum atomic E-state index is 0.0986. The third-order valence-electron chi connectivity index (χ3n) is 4.48. The fourth-order valence-corrected chi connectivity index (χ4v) is 4.44. The van der Waals surface area contributed by atoms with E-state index in [1.165, 1.54) is 15.1 Å². The number of aryl methyl sites for hydroxylation is 1. The molecular weight excluding hydrogens is 400 g/mol. The van der Waals surface area contributed by atoms with Crippen LogP contribution in [0.4, 0.5) is 0 Å². The molecule has 0 aliphatic carbocycles. The molecule has 1 aromatic carbocycles. The van der Waals surface area contributed by atoms with Gasteiger partial charge in [-0.05, 0) is 36.8 Å². The SMILES string of the molecule is Cc1cc2c(cc(C(=O)N3CCOCC3)n2Cc2ccc(Br)cc2)s1. The topological polar surface area (TPSA) is 34.5 Å². The Kier molecular flexibility index (Phi) is 4.67. The Morgan fingerprint density at radius 2 is 1.92 bits per heavy atom. The summed E-state index contributed by atoms with van der Waals surface area (Å²) in [4.78, 5) is 16.2. The van der Waals surface area contributed by atoms with Crippen LogP contribution in [0.15, 0.2) is 40.9 Å². The van der Waals surface area contributed by atoms with Gasteiger partial charge in [0.05, 0.1) is 23.4 Å². The molecule has 1 fully saturated rings. The lowest BCUT2D eigenvalue weighted by atomic mass is 10.2. The van der Waals surface area contributed by atoms with Crippen molar-refractivity contribution in [2.45, 2.75) is 13.5 Å². The van der Waals surface area contributed by atoms with Crippen LogP contribution in [0.2, 0.25) is 0 Å². The van der Waals surface area contributed by atoms with E-state index < -0.39 is 0 Å². The molecule has 1 aliphatic heterocycles. The number of aromatic nitrogens is 1. The van der Waals surface area contributed by atoms with Crippen LogP contribution >= 0.6 is 27.3 Å². The third kappa shape index (κ3) is 3.38. The molecule has 6 heteroatoms.